The van der Waals surface area contributed by atoms with E-state index in [1.807, 2.05) is 0 Å². The summed E-state index contributed by atoms with van der Waals surface area (Å²) in [5.41, 5.74) is 0. The molecular formula is C20H15AlN10. The summed E-state index contributed by atoms with van der Waals surface area (Å²) in [7, 11) is 0. The minimum absolute atomic E-state index is 0. The van der Waals surface area contributed by atoms with E-state index in [-0.39, 0.29) is 17.4 Å². The molecule has 31 heavy (non-hydrogen) atoms. The maximum absolute atomic E-state index is 4.37. The van der Waals surface area contributed by atoms with Crippen LogP contribution in [0.5, 0.6) is 0 Å². The zero-order valence-corrected chi connectivity index (χ0v) is 15.4. The Balaban J connectivity index is 0.000000288. The molecular weight excluding hydrogens is 407 g/mol. The number of nitrogens with zero attached hydrogens (tertiary/aromatic N) is 10. The van der Waals surface area contributed by atoms with Crippen LogP contribution < -0.4 is 0 Å². The Morgan fingerprint density at radius 2 is 0.452 bits per heavy atom. The molecule has 0 radical (unpaired) electrons. The van der Waals surface area contributed by atoms with Crippen molar-refractivity contribution in [1.29, 1.82) is 0 Å². The molecule has 6 heterocycles. The molecule has 0 saturated heterocycles. The molecule has 11 heteroatoms. The van der Waals surface area contributed by atoms with E-state index in [0.717, 1.165) is 0 Å². The van der Waals surface area contributed by atoms with Crippen molar-refractivity contribution in [3.63, 3.8) is 0 Å². The minimum Gasteiger partial charge on any atom is -0.262 e. The van der Waals surface area contributed by atoms with Crippen molar-refractivity contribution in [3.8, 4) is 0 Å². The van der Waals surface area contributed by atoms with Gasteiger partial charge in [-0.25, -0.2) is 39.9 Å². The fourth-order valence-electron chi connectivity index (χ4n) is 2.58. The average Bonchev–Trinajstić information content (AvgIpc) is 3.56. The normalized spacial score (nSPS) is 25.8. The molecule has 5 aliphatic heterocycles. The Hall–Kier alpha value is -4.07. The van der Waals surface area contributed by atoms with E-state index in [2.05, 4.69) is 49.9 Å². The summed E-state index contributed by atoms with van der Waals surface area (Å²) in [6.45, 7) is 0. The molecule has 8 bridgehead atoms. The van der Waals surface area contributed by atoms with Crippen molar-refractivity contribution in [1.82, 2.24) is 9.97 Å². The Morgan fingerprint density at radius 3 is 0.581 bits per heavy atom. The SMILES string of the molecule is C1=C/C2=N/C3=NC(=N\C4=NC(=N\C5=NC(=N\C1=N2)/C=C5)/C=C4)/C=C3.[AlH3].c1cnccn1. The molecule has 1 aromatic rings. The number of hydrogen-bond acceptors (Lipinski definition) is 10. The van der Waals surface area contributed by atoms with Gasteiger partial charge in [0.2, 0.25) is 0 Å². The molecule has 1 aromatic heterocycles. The Labute approximate surface area is 187 Å². The quantitative estimate of drug-likeness (QED) is 0.573. The monoisotopic (exact) mass is 422 g/mol. The third-order valence-corrected chi connectivity index (χ3v) is 3.84. The van der Waals surface area contributed by atoms with Gasteiger partial charge in [-0.05, 0) is 48.6 Å². The predicted octanol–water partition coefficient (Wildman–Crippen LogP) is 0.760. The van der Waals surface area contributed by atoms with E-state index in [9.17, 15) is 0 Å². The van der Waals surface area contributed by atoms with Crippen LogP contribution in [0, 0.1) is 0 Å². The molecule has 0 saturated carbocycles. The zero-order valence-electron chi connectivity index (χ0n) is 15.4. The second-order valence-electron chi connectivity index (χ2n) is 5.99. The molecule has 0 fully saturated rings. The lowest BCUT2D eigenvalue weighted by Crippen LogP contribution is -1.98. The van der Waals surface area contributed by atoms with Crippen LogP contribution in [0.3, 0.4) is 0 Å². The highest BCUT2D eigenvalue weighted by Gasteiger charge is 2.13. The minimum atomic E-state index is 0. The van der Waals surface area contributed by atoms with E-state index in [4.69, 9.17) is 0 Å². The maximum Gasteiger partial charge on any atom is 0.187 e. The van der Waals surface area contributed by atoms with Gasteiger partial charge in [-0.1, -0.05) is 0 Å². The van der Waals surface area contributed by atoms with Crippen LogP contribution in [0.4, 0.5) is 0 Å². The molecule has 0 atom stereocenters. The van der Waals surface area contributed by atoms with E-state index in [1.165, 1.54) is 0 Å². The Kier molecular flexibility index (Phi) is 5.98. The predicted molar refractivity (Wildman–Crippen MR) is 128 cm³/mol. The number of amidine groups is 8. The van der Waals surface area contributed by atoms with Crippen molar-refractivity contribution in [2.45, 2.75) is 0 Å². The molecule has 6 rings (SSSR count). The van der Waals surface area contributed by atoms with Crippen LogP contribution in [0.2, 0.25) is 0 Å². The standard InChI is InChI=1S/C16H8N8.C4H4N2.Al.3H/c1-2-10-17-9(1)21-11-3-4-13(18-11)23-15-7-8-16(20-15)24-14-6-5-12(19-14)22-10;1-2-6-4-3-5-1;;;;/h1-8H;1-4H;;;;/b21-9-,21-11?,22-10?,22-12-,23-13-,23-15?,24-14?,24-16-;;;;;. The highest BCUT2D eigenvalue weighted by molar-refractivity contribution is 6.28. The van der Waals surface area contributed by atoms with Gasteiger partial charge in [0.15, 0.2) is 64.0 Å². The molecule has 148 valence electrons. The van der Waals surface area contributed by atoms with E-state index >= 15 is 0 Å². The first-order chi connectivity index (χ1) is 14.8. The van der Waals surface area contributed by atoms with Crippen LogP contribution >= 0.6 is 0 Å². The molecule has 10 nitrogen and oxygen atoms in total. The fourth-order valence-corrected chi connectivity index (χ4v) is 2.58. The first-order valence-corrected chi connectivity index (χ1v) is 8.92. The molecule has 0 amide bonds. The van der Waals surface area contributed by atoms with Gasteiger partial charge in [-0.15, -0.1) is 0 Å². The molecule has 5 aliphatic rings. The Morgan fingerprint density at radius 1 is 0.290 bits per heavy atom. The van der Waals surface area contributed by atoms with Crippen molar-refractivity contribution in [2.24, 2.45) is 39.9 Å². The van der Waals surface area contributed by atoms with Crippen molar-refractivity contribution < 1.29 is 0 Å². The summed E-state index contributed by atoms with van der Waals surface area (Å²) < 4.78 is 0. The highest BCUT2D eigenvalue weighted by Crippen LogP contribution is 2.10. The second-order valence-corrected chi connectivity index (χ2v) is 5.99. The van der Waals surface area contributed by atoms with Crippen LogP contribution in [0.15, 0.2) is 113 Å². The highest BCUT2D eigenvalue weighted by atomic mass is 27.0. The first kappa shape index (κ1) is 20.2. The third kappa shape index (κ3) is 5.11. The fraction of sp³-hybridized carbons (Fsp3) is 0. The molecule has 0 unspecified atom stereocenters. The molecule has 0 N–H and O–H groups in total. The lowest BCUT2D eigenvalue weighted by Gasteiger charge is -1.92. The second kappa shape index (κ2) is 9.17. The van der Waals surface area contributed by atoms with Crippen molar-refractivity contribution in [2.75, 3.05) is 0 Å². The lowest BCUT2D eigenvalue weighted by atomic mass is 10.4. The first-order valence-electron chi connectivity index (χ1n) is 8.92. The van der Waals surface area contributed by atoms with Crippen LogP contribution in [-0.2, 0) is 0 Å². The van der Waals surface area contributed by atoms with Crippen LogP contribution in [-0.4, -0.2) is 74.0 Å². The number of hydrogen-bond donors (Lipinski definition) is 0. The number of rotatable bonds is 0. The van der Waals surface area contributed by atoms with Gasteiger partial charge >= 0.3 is 0 Å². The molecule has 0 spiro atoms. The summed E-state index contributed by atoms with van der Waals surface area (Å²) in [6, 6.07) is 0. The van der Waals surface area contributed by atoms with E-state index in [0.29, 0.717) is 46.7 Å². The van der Waals surface area contributed by atoms with E-state index < -0.39 is 0 Å². The van der Waals surface area contributed by atoms with Crippen molar-refractivity contribution in [3.05, 3.63) is 73.4 Å². The average molecular weight is 422 g/mol. The summed E-state index contributed by atoms with van der Waals surface area (Å²) in [5.74, 6) is 4.30. The third-order valence-electron chi connectivity index (χ3n) is 3.84. The summed E-state index contributed by atoms with van der Waals surface area (Å²) in [4.78, 5) is 42.2. The maximum atomic E-state index is 4.37. The summed E-state index contributed by atoms with van der Waals surface area (Å²) in [6.07, 6.45) is 20.8. The van der Waals surface area contributed by atoms with Gasteiger partial charge in [0.05, 0.1) is 0 Å². The number of aromatic nitrogens is 2. The zero-order chi connectivity index (χ0) is 20.2. The topological polar surface area (TPSA) is 125 Å². The summed E-state index contributed by atoms with van der Waals surface area (Å²) >= 11 is 0. The van der Waals surface area contributed by atoms with Gasteiger partial charge in [-0.2, -0.15) is 0 Å². The van der Waals surface area contributed by atoms with Gasteiger partial charge in [-0.3, -0.25) is 9.97 Å². The smallest absolute Gasteiger partial charge is 0.187 e. The van der Waals surface area contributed by atoms with Crippen LogP contribution in [0.1, 0.15) is 0 Å². The number of aliphatic imine (C=N–C) groups is 8. The van der Waals surface area contributed by atoms with Crippen molar-refractivity contribution >= 4 is 64.0 Å². The lowest BCUT2D eigenvalue weighted by molar-refractivity contribution is 1.20. The summed E-state index contributed by atoms with van der Waals surface area (Å²) in [5, 5.41) is 0. The van der Waals surface area contributed by atoms with Gasteiger partial charge in [0, 0.05) is 24.8 Å². The Bertz CT molecular complexity index is 1060. The number of fused-ring (bicyclic) bond motifs is 4. The van der Waals surface area contributed by atoms with E-state index in [1.54, 1.807) is 73.4 Å². The van der Waals surface area contributed by atoms with Crippen LogP contribution in [0.25, 0.3) is 0 Å². The van der Waals surface area contributed by atoms with Gasteiger partial charge < -0.3 is 0 Å². The largest absolute Gasteiger partial charge is 0.262 e. The molecule has 0 aromatic carbocycles. The van der Waals surface area contributed by atoms with Gasteiger partial charge in [0.1, 0.15) is 0 Å². The van der Waals surface area contributed by atoms with Gasteiger partial charge in [0.25, 0.3) is 0 Å². The molecule has 0 aliphatic carbocycles.